The summed E-state index contributed by atoms with van der Waals surface area (Å²) >= 11 is 0. The molecule has 2 unspecified atom stereocenters. The third kappa shape index (κ3) is 3.34. The molecule has 2 aliphatic carbocycles. The van der Waals surface area contributed by atoms with E-state index in [0.29, 0.717) is 53.6 Å². The molecule has 1 amide bonds. The van der Waals surface area contributed by atoms with Crippen LogP contribution in [-0.4, -0.2) is 64.6 Å². The summed E-state index contributed by atoms with van der Waals surface area (Å²) in [6.45, 7) is 1.42. The first-order valence-electron chi connectivity index (χ1n) is 11.5. The minimum absolute atomic E-state index is 0.0248. The highest BCUT2D eigenvalue weighted by Gasteiger charge is 2.55. The van der Waals surface area contributed by atoms with E-state index in [1.54, 1.807) is 30.9 Å². The smallest absolute Gasteiger partial charge is 0.274 e. The Morgan fingerprint density at radius 2 is 2.06 bits per heavy atom. The third-order valence-electron chi connectivity index (χ3n) is 7.27. The number of nitrogens with one attached hydrogen (secondary N) is 3. The van der Waals surface area contributed by atoms with Crippen LogP contribution in [0.5, 0.6) is 0 Å². The Morgan fingerprint density at radius 3 is 2.76 bits per heavy atom. The fourth-order valence-corrected chi connectivity index (χ4v) is 5.13. The molecule has 11 nitrogen and oxygen atoms in total. The van der Waals surface area contributed by atoms with Crippen molar-refractivity contribution >= 4 is 28.7 Å². The van der Waals surface area contributed by atoms with Crippen LogP contribution in [0, 0.1) is 11.8 Å². The minimum atomic E-state index is -0.268. The van der Waals surface area contributed by atoms with E-state index in [9.17, 15) is 9.59 Å². The second-order valence-electron chi connectivity index (χ2n) is 9.12. The number of aromatic nitrogens is 4. The summed E-state index contributed by atoms with van der Waals surface area (Å²) < 4.78 is 14.1. The standard InChI is InChI=1S/C23H27N7O4/c1-24-16-8-19(26-15-4-3-7-29(23(15)32)20-12-10-34-11-13(12)20)28-30-17(9-25-21(16)30)22(31)27-14-5-6-18(14)33-2/h3-4,7-9,12-14,18,20,24H,5-6,10-11H2,1-2H3,(H,26,28)(H,27,31)/t12?,13?,14-,18-,20?/m0/s1. The van der Waals surface area contributed by atoms with Crippen molar-refractivity contribution in [2.45, 2.75) is 31.0 Å². The lowest BCUT2D eigenvalue weighted by Gasteiger charge is -2.35. The van der Waals surface area contributed by atoms with Gasteiger partial charge in [-0.15, -0.1) is 5.10 Å². The number of methoxy groups -OCH3 is 1. The van der Waals surface area contributed by atoms with Crippen LogP contribution in [0.3, 0.4) is 0 Å². The van der Waals surface area contributed by atoms with Crippen LogP contribution < -0.4 is 21.5 Å². The number of imidazole rings is 1. The monoisotopic (exact) mass is 465 g/mol. The van der Waals surface area contributed by atoms with E-state index in [4.69, 9.17) is 9.47 Å². The Labute approximate surface area is 195 Å². The maximum absolute atomic E-state index is 13.2. The first-order chi connectivity index (χ1) is 16.6. The Hall–Kier alpha value is -3.44. The van der Waals surface area contributed by atoms with E-state index in [2.05, 4.69) is 26.0 Å². The van der Waals surface area contributed by atoms with Crippen molar-refractivity contribution in [3.05, 3.63) is 46.6 Å². The number of carbonyl (C=O) groups is 1. The van der Waals surface area contributed by atoms with E-state index in [0.717, 1.165) is 12.8 Å². The van der Waals surface area contributed by atoms with Gasteiger partial charge in [-0.05, 0) is 25.0 Å². The van der Waals surface area contributed by atoms with Gasteiger partial charge in [0.1, 0.15) is 5.69 Å². The maximum atomic E-state index is 13.2. The Kier molecular flexibility index (Phi) is 5.03. The van der Waals surface area contributed by atoms with Gasteiger partial charge in [0.25, 0.3) is 11.5 Å². The first-order valence-corrected chi connectivity index (χ1v) is 11.5. The average molecular weight is 466 g/mol. The fraction of sp³-hybridized carbons (Fsp3) is 0.478. The predicted molar refractivity (Wildman–Crippen MR) is 125 cm³/mol. The van der Waals surface area contributed by atoms with Crippen LogP contribution in [0.1, 0.15) is 29.4 Å². The summed E-state index contributed by atoms with van der Waals surface area (Å²) in [5, 5.41) is 13.8. The summed E-state index contributed by atoms with van der Waals surface area (Å²) in [6.07, 6.45) is 5.16. The van der Waals surface area contributed by atoms with Crippen LogP contribution in [0.15, 0.2) is 35.4 Å². The van der Waals surface area contributed by atoms with E-state index >= 15 is 0 Å². The van der Waals surface area contributed by atoms with Crippen LogP contribution in [-0.2, 0) is 9.47 Å². The van der Waals surface area contributed by atoms with Crippen LogP contribution >= 0.6 is 0 Å². The molecule has 0 radical (unpaired) electrons. The minimum Gasteiger partial charge on any atom is -0.385 e. The van der Waals surface area contributed by atoms with Crippen LogP contribution in [0.25, 0.3) is 5.65 Å². The fourth-order valence-electron chi connectivity index (χ4n) is 5.13. The first kappa shape index (κ1) is 21.1. The summed E-state index contributed by atoms with van der Waals surface area (Å²) in [5.41, 5.74) is 1.83. The summed E-state index contributed by atoms with van der Waals surface area (Å²) in [6, 6.07) is 5.53. The molecule has 3 fully saturated rings. The highest BCUT2D eigenvalue weighted by Crippen LogP contribution is 2.53. The number of anilines is 3. The van der Waals surface area contributed by atoms with E-state index in [-0.39, 0.29) is 29.7 Å². The number of rotatable bonds is 7. The number of hydrogen-bond donors (Lipinski definition) is 3. The molecular weight excluding hydrogens is 438 g/mol. The molecule has 4 heterocycles. The van der Waals surface area contributed by atoms with Crippen molar-refractivity contribution in [2.75, 3.05) is 38.0 Å². The Balaban J connectivity index is 1.30. The normalized spacial score (nSPS) is 27.2. The average Bonchev–Trinajstić information content (AvgIpc) is 3.15. The lowest BCUT2D eigenvalue weighted by molar-refractivity contribution is 0.00718. The maximum Gasteiger partial charge on any atom is 0.274 e. The molecule has 0 spiro atoms. The number of ether oxygens (including phenoxy) is 2. The van der Waals surface area contributed by atoms with Crippen LogP contribution in [0.2, 0.25) is 0 Å². The molecule has 0 aromatic carbocycles. The molecule has 1 aliphatic heterocycles. The van der Waals surface area contributed by atoms with Gasteiger partial charge in [0, 0.05) is 44.3 Å². The number of amides is 1. The van der Waals surface area contributed by atoms with Gasteiger partial charge < -0.3 is 30.0 Å². The number of pyridine rings is 1. The zero-order valence-corrected chi connectivity index (χ0v) is 19.0. The van der Waals surface area contributed by atoms with E-state index in [1.807, 2.05) is 12.3 Å². The van der Waals surface area contributed by atoms with Gasteiger partial charge in [-0.2, -0.15) is 0 Å². The molecule has 3 aromatic heterocycles. The van der Waals surface area contributed by atoms with Gasteiger partial charge in [0.15, 0.2) is 17.2 Å². The number of carbonyl (C=O) groups excluding carboxylic acids is 1. The second-order valence-corrected chi connectivity index (χ2v) is 9.12. The molecule has 2 saturated carbocycles. The molecular formula is C23H27N7O4. The van der Waals surface area contributed by atoms with Gasteiger partial charge in [-0.1, -0.05) is 0 Å². The van der Waals surface area contributed by atoms with Crippen LogP contribution in [0.4, 0.5) is 17.2 Å². The highest BCUT2D eigenvalue weighted by molar-refractivity contribution is 5.94. The van der Waals surface area contributed by atoms with Gasteiger partial charge in [-0.3, -0.25) is 9.59 Å². The van der Waals surface area contributed by atoms with Crippen molar-refractivity contribution in [3.8, 4) is 0 Å². The molecule has 11 heteroatoms. The molecule has 3 N–H and O–H groups in total. The van der Waals surface area contributed by atoms with Crippen molar-refractivity contribution in [1.29, 1.82) is 0 Å². The largest absolute Gasteiger partial charge is 0.385 e. The lowest BCUT2D eigenvalue weighted by Crippen LogP contribution is -2.51. The zero-order valence-electron chi connectivity index (χ0n) is 19.0. The highest BCUT2D eigenvalue weighted by atomic mass is 16.5. The second kappa shape index (κ2) is 8.10. The molecule has 178 valence electrons. The summed E-state index contributed by atoms with van der Waals surface area (Å²) in [5.74, 6) is 0.990. The van der Waals surface area contributed by atoms with Gasteiger partial charge >= 0.3 is 0 Å². The van der Waals surface area contributed by atoms with Crippen molar-refractivity contribution in [3.63, 3.8) is 0 Å². The van der Waals surface area contributed by atoms with Crippen molar-refractivity contribution < 1.29 is 14.3 Å². The number of fused-ring (bicyclic) bond motifs is 2. The molecule has 0 bridgehead atoms. The molecule has 34 heavy (non-hydrogen) atoms. The van der Waals surface area contributed by atoms with E-state index < -0.39 is 0 Å². The molecule has 1 saturated heterocycles. The number of hydrogen-bond acceptors (Lipinski definition) is 8. The molecule has 3 aliphatic rings. The zero-order chi connectivity index (χ0) is 23.4. The third-order valence-corrected chi connectivity index (χ3v) is 7.27. The van der Waals surface area contributed by atoms with Crippen molar-refractivity contribution in [2.24, 2.45) is 11.8 Å². The SMILES string of the molecule is CNc1cc(Nc2cccn(C3C4COCC43)c2=O)nn2c(C(=O)N[C@H]3CC[C@@H]3OC)cnc12. The molecule has 3 aromatic rings. The van der Waals surface area contributed by atoms with Gasteiger partial charge in [0.05, 0.1) is 37.2 Å². The van der Waals surface area contributed by atoms with Crippen molar-refractivity contribution in [1.82, 2.24) is 24.5 Å². The lowest BCUT2D eigenvalue weighted by atomic mass is 9.89. The summed E-state index contributed by atoms with van der Waals surface area (Å²) in [4.78, 5) is 30.5. The molecule has 6 rings (SSSR count). The van der Waals surface area contributed by atoms with Gasteiger partial charge in [0.2, 0.25) is 0 Å². The quantitative estimate of drug-likeness (QED) is 0.478. The number of nitrogens with zero attached hydrogens (tertiary/aromatic N) is 4. The molecule has 4 atom stereocenters. The van der Waals surface area contributed by atoms with Gasteiger partial charge in [-0.25, -0.2) is 9.50 Å². The Bertz CT molecular complexity index is 1310. The van der Waals surface area contributed by atoms with E-state index in [1.165, 1.54) is 10.7 Å². The Morgan fingerprint density at radius 1 is 1.24 bits per heavy atom. The summed E-state index contributed by atoms with van der Waals surface area (Å²) in [7, 11) is 3.42. The predicted octanol–water partition coefficient (Wildman–Crippen LogP) is 1.40. The topological polar surface area (TPSA) is 124 Å².